The highest BCUT2D eigenvalue weighted by Gasteiger charge is 2.31. The van der Waals surface area contributed by atoms with Crippen molar-refractivity contribution in [1.29, 1.82) is 0 Å². The molecule has 1 saturated carbocycles. The molecule has 1 heteroatoms. The van der Waals surface area contributed by atoms with Crippen LogP contribution in [0.3, 0.4) is 0 Å². The van der Waals surface area contributed by atoms with E-state index in [9.17, 15) is 0 Å². The Morgan fingerprint density at radius 3 is 2.17 bits per heavy atom. The van der Waals surface area contributed by atoms with Gasteiger partial charge >= 0.3 is 0 Å². The van der Waals surface area contributed by atoms with Crippen LogP contribution >= 0.6 is 0 Å². The van der Waals surface area contributed by atoms with Gasteiger partial charge in [0.2, 0.25) is 0 Å². The molecule has 0 atom stereocenters. The van der Waals surface area contributed by atoms with Crippen molar-refractivity contribution in [1.82, 2.24) is 0 Å². The Labute approximate surface area is 78.8 Å². The molecule has 0 aromatic rings. The van der Waals surface area contributed by atoms with Gasteiger partial charge in [0.05, 0.1) is 8.07 Å². The van der Waals surface area contributed by atoms with Crippen LogP contribution in [0.2, 0.25) is 24.7 Å². The van der Waals surface area contributed by atoms with Crippen molar-refractivity contribution in [3.05, 3.63) is 0 Å². The fraction of sp³-hybridized carbons (Fsp3) is 1.00. The van der Waals surface area contributed by atoms with Crippen LogP contribution in [-0.4, -0.2) is 8.07 Å². The topological polar surface area (TPSA) is 0 Å². The maximum absolute atomic E-state index is 2.60. The average Bonchev–Trinajstić information content (AvgIpc) is 2.06. The summed E-state index contributed by atoms with van der Waals surface area (Å²) in [5, 5.41) is 0. The first-order valence-corrected chi connectivity index (χ1v) is 8.95. The molecule has 72 valence electrons. The number of hydrogen-bond donors (Lipinski definition) is 0. The molecule has 0 N–H and O–H groups in total. The van der Waals surface area contributed by atoms with E-state index in [1.165, 1.54) is 25.7 Å². The first-order chi connectivity index (χ1) is 5.67. The maximum Gasteiger partial charge on any atom is 0.0504 e. The van der Waals surface area contributed by atoms with E-state index in [-0.39, 0.29) is 0 Å². The summed E-state index contributed by atoms with van der Waals surface area (Å²) in [6.45, 7) is 7.55. The lowest BCUT2D eigenvalue weighted by Gasteiger charge is -2.35. The second kappa shape index (κ2) is 4.45. The Bertz CT molecular complexity index is 123. The lowest BCUT2D eigenvalue weighted by Crippen LogP contribution is -2.33. The summed E-state index contributed by atoms with van der Waals surface area (Å²) in [6, 6.07) is 1.55. The van der Waals surface area contributed by atoms with Crippen molar-refractivity contribution in [3.8, 4) is 0 Å². The summed E-state index contributed by atoms with van der Waals surface area (Å²) in [5.41, 5.74) is 1.16. The standard InChI is InChI=1S/C11H24Si/c1-4-10-12(2,3)11-8-6-5-7-9-11/h11H,4-10H2,1-3H3. The third-order valence-electron chi connectivity index (χ3n) is 3.60. The van der Waals surface area contributed by atoms with Crippen molar-refractivity contribution in [2.75, 3.05) is 0 Å². The summed E-state index contributed by atoms with van der Waals surface area (Å²) in [4.78, 5) is 0. The number of rotatable bonds is 3. The van der Waals surface area contributed by atoms with Crippen LogP contribution in [0.5, 0.6) is 0 Å². The fourth-order valence-corrected chi connectivity index (χ4v) is 6.40. The summed E-state index contributed by atoms with van der Waals surface area (Å²) < 4.78 is 0. The monoisotopic (exact) mass is 184 g/mol. The molecule has 0 aromatic heterocycles. The van der Waals surface area contributed by atoms with Crippen LogP contribution in [0.25, 0.3) is 0 Å². The predicted octanol–water partition coefficient (Wildman–Crippen LogP) is 4.44. The quantitative estimate of drug-likeness (QED) is 0.569. The van der Waals surface area contributed by atoms with Gasteiger partial charge in [-0.25, -0.2) is 0 Å². The van der Waals surface area contributed by atoms with E-state index in [4.69, 9.17) is 0 Å². The van der Waals surface area contributed by atoms with Crippen molar-refractivity contribution >= 4 is 8.07 Å². The highest BCUT2D eigenvalue weighted by Crippen LogP contribution is 2.39. The molecule has 1 aliphatic carbocycles. The molecule has 1 fully saturated rings. The van der Waals surface area contributed by atoms with Crippen molar-refractivity contribution in [3.63, 3.8) is 0 Å². The van der Waals surface area contributed by atoms with Crippen molar-refractivity contribution in [2.24, 2.45) is 0 Å². The molecule has 0 nitrogen and oxygen atoms in total. The summed E-state index contributed by atoms with van der Waals surface area (Å²) in [7, 11) is -0.802. The van der Waals surface area contributed by atoms with E-state index >= 15 is 0 Å². The first kappa shape index (κ1) is 10.3. The zero-order valence-corrected chi connectivity index (χ0v) is 10.0. The highest BCUT2D eigenvalue weighted by molar-refractivity contribution is 6.78. The predicted molar refractivity (Wildman–Crippen MR) is 59.4 cm³/mol. The summed E-state index contributed by atoms with van der Waals surface area (Å²) in [6.07, 6.45) is 9.07. The lowest BCUT2D eigenvalue weighted by atomic mass is 10.0. The number of hydrogen-bond acceptors (Lipinski definition) is 0. The Morgan fingerprint density at radius 2 is 1.67 bits per heavy atom. The van der Waals surface area contributed by atoms with Gasteiger partial charge in [0.25, 0.3) is 0 Å². The van der Waals surface area contributed by atoms with E-state index < -0.39 is 8.07 Å². The van der Waals surface area contributed by atoms with E-state index in [2.05, 4.69) is 20.0 Å². The molecule has 0 aromatic carbocycles. The fourth-order valence-electron chi connectivity index (χ4n) is 2.73. The molecule has 0 spiro atoms. The largest absolute Gasteiger partial charge is 0.0691 e. The Morgan fingerprint density at radius 1 is 1.08 bits per heavy atom. The molecule has 12 heavy (non-hydrogen) atoms. The molecule has 0 bridgehead atoms. The maximum atomic E-state index is 2.60. The minimum absolute atomic E-state index is 0.802. The Kier molecular flexibility index (Phi) is 3.82. The summed E-state index contributed by atoms with van der Waals surface area (Å²) >= 11 is 0. The molecule has 0 saturated heterocycles. The van der Waals surface area contributed by atoms with E-state index in [0.717, 1.165) is 5.54 Å². The van der Waals surface area contributed by atoms with E-state index in [1.54, 1.807) is 18.9 Å². The highest BCUT2D eigenvalue weighted by atomic mass is 28.3. The van der Waals surface area contributed by atoms with E-state index in [0.29, 0.717) is 0 Å². The molecule has 1 aliphatic rings. The van der Waals surface area contributed by atoms with Crippen molar-refractivity contribution < 1.29 is 0 Å². The van der Waals surface area contributed by atoms with Gasteiger partial charge in [-0.05, 0) is 5.54 Å². The minimum atomic E-state index is -0.802. The SMILES string of the molecule is CCC[Si](C)(C)C1CCCCC1. The zero-order chi connectivity index (χ0) is 9.03. The van der Waals surface area contributed by atoms with Gasteiger partial charge in [-0.15, -0.1) is 0 Å². The van der Waals surface area contributed by atoms with Crippen LogP contribution < -0.4 is 0 Å². The average molecular weight is 184 g/mol. The molecule has 0 radical (unpaired) electrons. The Hall–Kier alpha value is 0.217. The lowest BCUT2D eigenvalue weighted by molar-refractivity contribution is 0.490. The van der Waals surface area contributed by atoms with Gasteiger partial charge in [-0.1, -0.05) is 64.6 Å². The van der Waals surface area contributed by atoms with Gasteiger partial charge in [-0.2, -0.15) is 0 Å². The van der Waals surface area contributed by atoms with Crippen LogP contribution in [0.15, 0.2) is 0 Å². The van der Waals surface area contributed by atoms with Gasteiger partial charge in [0.1, 0.15) is 0 Å². The van der Waals surface area contributed by atoms with Crippen molar-refractivity contribution in [2.45, 2.75) is 70.1 Å². The minimum Gasteiger partial charge on any atom is -0.0691 e. The van der Waals surface area contributed by atoms with Crippen LogP contribution in [0.4, 0.5) is 0 Å². The molecule has 0 aliphatic heterocycles. The molecular weight excluding hydrogens is 160 g/mol. The molecule has 1 rings (SSSR count). The van der Waals surface area contributed by atoms with Crippen LogP contribution in [0.1, 0.15) is 45.4 Å². The summed E-state index contributed by atoms with van der Waals surface area (Å²) in [5.74, 6) is 0. The molecule has 0 amide bonds. The third kappa shape index (κ3) is 2.62. The normalized spacial score (nSPS) is 21.2. The van der Waals surface area contributed by atoms with E-state index in [1.807, 2.05) is 0 Å². The molecule has 0 unspecified atom stereocenters. The second-order valence-electron chi connectivity index (χ2n) is 5.07. The van der Waals surface area contributed by atoms with Gasteiger partial charge in [-0.3, -0.25) is 0 Å². The first-order valence-electron chi connectivity index (χ1n) is 5.67. The Balaban J connectivity index is 2.41. The smallest absolute Gasteiger partial charge is 0.0504 e. The third-order valence-corrected chi connectivity index (χ3v) is 8.18. The molecular formula is C11H24Si. The van der Waals surface area contributed by atoms with Crippen LogP contribution in [-0.2, 0) is 0 Å². The van der Waals surface area contributed by atoms with Crippen LogP contribution in [0, 0.1) is 0 Å². The van der Waals surface area contributed by atoms with Gasteiger partial charge < -0.3 is 0 Å². The zero-order valence-electron chi connectivity index (χ0n) is 9.03. The molecule has 0 heterocycles. The van der Waals surface area contributed by atoms with Gasteiger partial charge in [0.15, 0.2) is 0 Å². The second-order valence-corrected chi connectivity index (χ2v) is 10.4. The van der Waals surface area contributed by atoms with Gasteiger partial charge in [0, 0.05) is 0 Å².